The lowest BCUT2D eigenvalue weighted by molar-refractivity contribution is -0.116. The zero-order valence-electron chi connectivity index (χ0n) is 16.2. The first-order valence-corrected chi connectivity index (χ1v) is 9.59. The molecule has 0 spiro atoms. The van der Waals surface area contributed by atoms with Gasteiger partial charge in [0.15, 0.2) is 23.0 Å². The van der Waals surface area contributed by atoms with Crippen molar-refractivity contribution in [2.75, 3.05) is 32.8 Å². The maximum Gasteiger partial charge on any atom is 0.224 e. The smallest absolute Gasteiger partial charge is 0.224 e. The third-order valence-corrected chi connectivity index (χ3v) is 5.26. The Balaban J connectivity index is 1.47. The van der Waals surface area contributed by atoms with E-state index in [2.05, 4.69) is 5.32 Å². The number of anilines is 1. The number of rotatable bonds is 7. The molecule has 148 valence electrons. The van der Waals surface area contributed by atoms with Crippen molar-refractivity contribution in [2.24, 2.45) is 5.92 Å². The number of benzene rings is 2. The van der Waals surface area contributed by atoms with E-state index in [9.17, 15) is 4.79 Å². The van der Waals surface area contributed by atoms with Crippen LogP contribution in [0.25, 0.3) is 0 Å². The fourth-order valence-corrected chi connectivity index (χ4v) is 3.67. The number of carbonyl (C=O) groups is 1. The maximum absolute atomic E-state index is 12.7. The molecule has 0 aromatic heterocycles. The Morgan fingerprint density at radius 1 is 1.04 bits per heavy atom. The second-order valence-electron chi connectivity index (χ2n) is 7.17. The molecular formula is C22H25NO5. The predicted octanol–water partition coefficient (Wildman–Crippen LogP) is 4.00. The molecule has 2 aliphatic rings. The topological polar surface area (TPSA) is 66.0 Å². The number of nitrogens with one attached hydrogen (secondary N) is 1. The van der Waals surface area contributed by atoms with Gasteiger partial charge in [0.1, 0.15) is 13.2 Å². The Morgan fingerprint density at radius 2 is 1.79 bits per heavy atom. The van der Waals surface area contributed by atoms with Gasteiger partial charge in [-0.2, -0.15) is 0 Å². The molecule has 0 radical (unpaired) electrons. The quantitative estimate of drug-likeness (QED) is 0.783. The van der Waals surface area contributed by atoms with Crippen LogP contribution in [-0.2, 0) is 4.79 Å². The van der Waals surface area contributed by atoms with Gasteiger partial charge in [-0.15, -0.1) is 0 Å². The highest BCUT2D eigenvalue weighted by atomic mass is 16.6. The largest absolute Gasteiger partial charge is 0.493 e. The van der Waals surface area contributed by atoms with E-state index in [0.717, 1.165) is 24.1 Å². The zero-order chi connectivity index (χ0) is 19.5. The summed E-state index contributed by atoms with van der Waals surface area (Å²) in [6, 6.07) is 11.4. The number of hydrogen-bond acceptors (Lipinski definition) is 5. The van der Waals surface area contributed by atoms with Crippen LogP contribution < -0.4 is 24.3 Å². The minimum atomic E-state index is -0.0108. The molecule has 1 unspecified atom stereocenters. The first kappa shape index (κ1) is 18.5. The van der Waals surface area contributed by atoms with Crippen LogP contribution >= 0.6 is 0 Å². The van der Waals surface area contributed by atoms with E-state index >= 15 is 0 Å². The van der Waals surface area contributed by atoms with Gasteiger partial charge in [-0.3, -0.25) is 4.79 Å². The van der Waals surface area contributed by atoms with Crippen LogP contribution in [0.2, 0.25) is 0 Å². The van der Waals surface area contributed by atoms with Crippen LogP contribution in [0.5, 0.6) is 23.0 Å². The van der Waals surface area contributed by atoms with Crippen LogP contribution in [-0.4, -0.2) is 33.3 Å². The van der Waals surface area contributed by atoms with Crippen molar-refractivity contribution in [1.29, 1.82) is 0 Å². The molecule has 1 amide bonds. The molecule has 1 heterocycles. The van der Waals surface area contributed by atoms with Crippen LogP contribution in [0, 0.1) is 5.92 Å². The Morgan fingerprint density at radius 3 is 2.50 bits per heavy atom. The number of carbonyl (C=O) groups excluding carboxylic acids is 1. The third-order valence-electron chi connectivity index (χ3n) is 5.26. The molecule has 0 saturated heterocycles. The highest BCUT2D eigenvalue weighted by Gasteiger charge is 2.34. The molecule has 1 fully saturated rings. The maximum atomic E-state index is 12.7. The van der Waals surface area contributed by atoms with E-state index in [1.807, 2.05) is 36.4 Å². The van der Waals surface area contributed by atoms with Crippen molar-refractivity contribution in [3.63, 3.8) is 0 Å². The van der Waals surface area contributed by atoms with Gasteiger partial charge >= 0.3 is 0 Å². The van der Waals surface area contributed by atoms with E-state index in [-0.39, 0.29) is 11.8 Å². The molecule has 1 aliphatic carbocycles. The first-order valence-electron chi connectivity index (χ1n) is 9.59. The Hall–Kier alpha value is -2.89. The van der Waals surface area contributed by atoms with E-state index in [0.29, 0.717) is 48.6 Å². The lowest BCUT2D eigenvalue weighted by Crippen LogP contribution is -2.18. The Labute approximate surface area is 164 Å². The molecule has 2 aromatic rings. The Bertz CT molecular complexity index is 862. The zero-order valence-corrected chi connectivity index (χ0v) is 16.2. The summed E-state index contributed by atoms with van der Waals surface area (Å²) >= 11 is 0. The summed E-state index contributed by atoms with van der Waals surface area (Å²) in [7, 11) is 3.25. The summed E-state index contributed by atoms with van der Waals surface area (Å²) in [5, 5.41) is 3.00. The van der Waals surface area contributed by atoms with Gasteiger partial charge in [-0.05, 0) is 54.5 Å². The number of amides is 1. The van der Waals surface area contributed by atoms with Crippen molar-refractivity contribution in [1.82, 2.24) is 0 Å². The first-order chi connectivity index (χ1) is 13.7. The molecule has 1 saturated carbocycles. The minimum absolute atomic E-state index is 0.0108. The highest BCUT2D eigenvalue weighted by Crippen LogP contribution is 2.46. The van der Waals surface area contributed by atoms with Crippen molar-refractivity contribution < 1.29 is 23.7 Å². The third kappa shape index (κ3) is 4.01. The molecule has 2 aromatic carbocycles. The molecule has 0 bridgehead atoms. The monoisotopic (exact) mass is 383 g/mol. The molecule has 4 rings (SSSR count). The molecule has 28 heavy (non-hydrogen) atoms. The SMILES string of the molecule is COc1ccc(C(CC(=O)Nc2ccc3c(c2)OCCO3)C2CC2)cc1OC. The van der Waals surface area contributed by atoms with Crippen LogP contribution in [0.3, 0.4) is 0 Å². The Kier molecular flexibility index (Phi) is 5.28. The van der Waals surface area contributed by atoms with Gasteiger partial charge in [0.2, 0.25) is 5.91 Å². The van der Waals surface area contributed by atoms with E-state index in [1.54, 1.807) is 14.2 Å². The molecule has 1 atom stereocenters. The van der Waals surface area contributed by atoms with E-state index in [4.69, 9.17) is 18.9 Å². The summed E-state index contributed by atoms with van der Waals surface area (Å²) in [6.07, 6.45) is 2.72. The lowest BCUT2D eigenvalue weighted by Gasteiger charge is -2.20. The summed E-state index contributed by atoms with van der Waals surface area (Å²) in [4.78, 5) is 12.7. The average Bonchev–Trinajstić information content (AvgIpc) is 3.56. The second kappa shape index (κ2) is 8.00. The fourth-order valence-electron chi connectivity index (χ4n) is 3.67. The second-order valence-corrected chi connectivity index (χ2v) is 7.17. The van der Waals surface area contributed by atoms with Gasteiger partial charge in [0, 0.05) is 18.2 Å². The van der Waals surface area contributed by atoms with Crippen LogP contribution in [0.4, 0.5) is 5.69 Å². The lowest BCUT2D eigenvalue weighted by atomic mass is 9.90. The van der Waals surface area contributed by atoms with Gasteiger partial charge in [0.05, 0.1) is 14.2 Å². The normalized spacial score (nSPS) is 16.2. The number of fused-ring (bicyclic) bond motifs is 1. The molecular weight excluding hydrogens is 358 g/mol. The number of ether oxygens (including phenoxy) is 4. The molecule has 1 aliphatic heterocycles. The summed E-state index contributed by atoms with van der Waals surface area (Å²) < 4.78 is 21.9. The fraction of sp³-hybridized carbons (Fsp3) is 0.409. The number of hydrogen-bond donors (Lipinski definition) is 1. The standard InChI is InChI=1S/C22H25NO5/c1-25-18-7-5-15(11-20(18)26-2)17(14-3-4-14)13-22(24)23-16-6-8-19-21(12-16)28-10-9-27-19/h5-8,11-12,14,17H,3-4,9-10,13H2,1-2H3,(H,23,24). The van der Waals surface area contributed by atoms with Crippen molar-refractivity contribution in [3.05, 3.63) is 42.0 Å². The van der Waals surface area contributed by atoms with E-state index in [1.165, 1.54) is 0 Å². The minimum Gasteiger partial charge on any atom is -0.493 e. The molecule has 1 N–H and O–H groups in total. The summed E-state index contributed by atoms with van der Waals surface area (Å²) in [5.41, 5.74) is 1.83. The predicted molar refractivity (Wildman–Crippen MR) is 106 cm³/mol. The van der Waals surface area contributed by atoms with Crippen molar-refractivity contribution in [2.45, 2.75) is 25.2 Å². The van der Waals surface area contributed by atoms with Gasteiger partial charge in [-0.1, -0.05) is 6.07 Å². The highest BCUT2D eigenvalue weighted by molar-refractivity contribution is 5.91. The van der Waals surface area contributed by atoms with Crippen LogP contribution in [0.1, 0.15) is 30.7 Å². The van der Waals surface area contributed by atoms with E-state index < -0.39 is 0 Å². The summed E-state index contributed by atoms with van der Waals surface area (Å²) in [5.74, 6) is 3.46. The number of methoxy groups -OCH3 is 2. The van der Waals surface area contributed by atoms with Gasteiger partial charge in [-0.25, -0.2) is 0 Å². The summed E-state index contributed by atoms with van der Waals surface area (Å²) in [6.45, 7) is 1.07. The van der Waals surface area contributed by atoms with Crippen molar-refractivity contribution in [3.8, 4) is 23.0 Å². The van der Waals surface area contributed by atoms with Crippen molar-refractivity contribution >= 4 is 11.6 Å². The van der Waals surface area contributed by atoms with Crippen LogP contribution in [0.15, 0.2) is 36.4 Å². The average molecular weight is 383 g/mol. The van der Waals surface area contributed by atoms with Gasteiger partial charge in [0.25, 0.3) is 0 Å². The molecule has 6 nitrogen and oxygen atoms in total. The van der Waals surface area contributed by atoms with Gasteiger partial charge < -0.3 is 24.3 Å². The molecule has 6 heteroatoms.